The van der Waals surface area contributed by atoms with Gasteiger partial charge in [0.25, 0.3) is 5.56 Å². The Morgan fingerprint density at radius 2 is 2.40 bits per heavy atom. The van der Waals surface area contributed by atoms with Gasteiger partial charge in [0.15, 0.2) is 5.89 Å². The van der Waals surface area contributed by atoms with Crippen LogP contribution < -0.4 is 5.56 Å². The fraction of sp³-hybridized carbons (Fsp3) is 0.250. The molecule has 1 N–H and O–H groups in total. The molecular formula is C8H7N3O4. The molecule has 0 atom stereocenters. The van der Waals surface area contributed by atoms with E-state index in [0.29, 0.717) is 5.89 Å². The highest BCUT2D eigenvalue weighted by Crippen LogP contribution is 2.06. The Morgan fingerprint density at radius 3 is 3.07 bits per heavy atom. The largest absolute Gasteiger partial charge is 0.480 e. The Labute approximate surface area is 83.0 Å². The van der Waals surface area contributed by atoms with E-state index in [1.165, 1.54) is 0 Å². The van der Waals surface area contributed by atoms with E-state index in [-0.39, 0.29) is 11.2 Å². The Morgan fingerprint density at radius 1 is 1.67 bits per heavy atom. The van der Waals surface area contributed by atoms with Gasteiger partial charge < -0.3 is 9.52 Å². The molecule has 78 valence electrons. The highest BCUT2D eigenvalue weighted by Gasteiger charge is 2.11. The van der Waals surface area contributed by atoms with Crippen LogP contribution in [0.4, 0.5) is 0 Å². The van der Waals surface area contributed by atoms with Gasteiger partial charge in [-0.2, -0.15) is 4.98 Å². The maximum atomic E-state index is 11.6. The van der Waals surface area contributed by atoms with Crippen molar-refractivity contribution in [2.75, 3.05) is 0 Å². The maximum absolute atomic E-state index is 11.6. The molecule has 0 unspecified atom stereocenters. The third-order valence-corrected chi connectivity index (χ3v) is 1.80. The third-order valence-electron chi connectivity index (χ3n) is 1.80. The monoisotopic (exact) mass is 209 g/mol. The summed E-state index contributed by atoms with van der Waals surface area (Å²) in [5, 5.41) is 8.53. The van der Waals surface area contributed by atoms with Crippen LogP contribution in [-0.2, 0) is 11.3 Å². The van der Waals surface area contributed by atoms with Crippen molar-refractivity contribution in [3.63, 3.8) is 0 Å². The van der Waals surface area contributed by atoms with E-state index in [4.69, 9.17) is 9.52 Å². The molecule has 7 nitrogen and oxygen atoms in total. The Hall–Kier alpha value is -2.18. The second-order valence-corrected chi connectivity index (χ2v) is 2.96. The zero-order chi connectivity index (χ0) is 11.0. The molecule has 2 aromatic rings. The predicted molar refractivity (Wildman–Crippen MR) is 48.4 cm³/mol. The SMILES string of the molecule is Cc1nc2ncn(CC(=O)O)c(=O)c2o1. The first-order valence-corrected chi connectivity index (χ1v) is 4.12. The molecule has 2 heterocycles. The van der Waals surface area contributed by atoms with Crippen molar-refractivity contribution in [1.29, 1.82) is 0 Å². The summed E-state index contributed by atoms with van der Waals surface area (Å²) < 4.78 is 5.97. The van der Waals surface area contributed by atoms with E-state index in [1.54, 1.807) is 6.92 Å². The van der Waals surface area contributed by atoms with Crippen molar-refractivity contribution in [2.45, 2.75) is 13.5 Å². The van der Waals surface area contributed by atoms with E-state index in [9.17, 15) is 9.59 Å². The molecule has 0 saturated carbocycles. The standard InChI is InChI=1S/C8H7N3O4/c1-4-10-7-6(15-4)8(14)11(3-9-7)2-5(12)13/h3H,2H2,1H3,(H,12,13). The lowest BCUT2D eigenvalue weighted by atomic mass is 10.5. The molecule has 0 bridgehead atoms. The van der Waals surface area contributed by atoms with Crippen LogP contribution in [-0.4, -0.2) is 25.6 Å². The van der Waals surface area contributed by atoms with Crippen LogP contribution in [0.2, 0.25) is 0 Å². The first-order chi connectivity index (χ1) is 7.08. The molecule has 2 aromatic heterocycles. The topological polar surface area (TPSA) is 98.2 Å². The van der Waals surface area contributed by atoms with E-state index >= 15 is 0 Å². The third kappa shape index (κ3) is 1.58. The molecule has 2 rings (SSSR count). The van der Waals surface area contributed by atoms with Crippen LogP contribution in [0.5, 0.6) is 0 Å². The van der Waals surface area contributed by atoms with Crippen LogP contribution in [0, 0.1) is 6.92 Å². The maximum Gasteiger partial charge on any atom is 0.323 e. The van der Waals surface area contributed by atoms with Crippen molar-refractivity contribution in [3.05, 3.63) is 22.6 Å². The van der Waals surface area contributed by atoms with Gasteiger partial charge in [0, 0.05) is 6.92 Å². The summed E-state index contributed by atoms with van der Waals surface area (Å²) in [7, 11) is 0. The van der Waals surface area contributed by atoms with Crippen LogP contribution in [0.15, 0.2) is 15.5 Å². The zero-order valence-corrected chi connectivity index (χ0v) is 7.80. The quantitative estimate of drug-likeness (QED) is 0.733. The minimum absolute atomic E-state index is 0.0174. The zero-order valence-electron chi connectivity index (χ0n) is 7.80. The molecule has 0 aliphatic heterocycles. The van der Waals surface area contributed by atoms with E-state index in [0.717, 1.165) is 10.9 Å². The molecule has 0 amide bonds. The number of aryl methyl sites for hydroxylation is 1. The average molecular weight is 209 g/mol. The van der Waals surface area contributed by atoms with Crippen LogP contribution in [0.1, 0.15) is 5.89 Å². The van der Waals surface area contributed by atoms with Crippen molar-refractivity contribution in [2.24, 2.45) is 0 Å². The number of hydrogen-bond donors (Lipinski definition) is 1. The first kappa shape index (κ1) is 9.38. The van der Waals surface area contributed by atoms with Gasteiger partial charge >= 0.3 is 5.97 Å². The lowest BCUT2D eigenvalue weighted by Gasteiger charge is -1.98. The minimum atomic E-state index is -1.12. The summed E-state index contributed by atoms with van der Waals surface area (Å²) in [5.41, 5.74) is -0.363. The van der Waals surface area contributed by atoms with Gasteiger partial charge in [0.05, 0.1) is 0 Å². The second-order valence-electron chi connectivity index (χ2n) is 2.96. The fourth-order valence-electron chi connectivity index (χ4n) is 1.21. The molecule has 0 saturated heterocycles. The smallest absolute Gasteiger partial charge is 0.323 e. The first-order valence-electron chi connectivity index (χ1n) is 4.12. The molecule has 0 aliphatic carbocycles. The summed E-state index contributed by atoms with van der Waals surface area (Å²) in [6.45, 7) is 1.14. The molecule has 0 fully saturated rings. The molecule has 15 heavy (non-hydrogen) atoms. The Bertz CT molecular complexity index is 583. The molecule has 0 aliphatic rings. The number of fused-ring (bicyclic) bond motifs is 1. The molecule has 7 heteroatoms. The van der Waals surface area contributed by atoms with E-state index in [1.807, 2.05) is 0 Å². The number of oxazole rings is 1. The molecule has 0 aromatic carbocycles. The van der Waals surface area contributed by atoms with Gasteiger partial charge in [0.1, 0.15) is 12.9 Å². The number of hydrogen-bond acceptors (Lipinski definition) is 5. The highest BCUT2D eigenvalue weighted by atomic mass is 16.4. The lowest BCUT2D eigenvalue weighted by Crippen LogP contribution is -2.23. The second kappa shape index (κ2) is 3.19. The van der Waals surface area contributed by atoms with Crippen molar-refractivity contribution in [1.82, 2.24) is 14.5 Å². The predicted octanol–water partition coefficient (Wildman–Crippen LogP) is -0.222. The van der Waals surface area contributed by atoms with Gasteiger partial charge in [-0.05, 0) is 0 Å². The summed E-state index contributed by atoms with van der Waals surface area (Å²) in [4.78, 5) is 29.7. The number of rotatable bonds is 2. The fourth-order valence-corrected chi connectivity index (χ4v) is 1.21. The Kier molecular flexibility index (Phi) is 2.00. The highest BCUT2D eigenvalue weighted by molar-refractivity contribution is 5.68. The molecule has 0 spiro atoms. The van der Waals surface area contributed by atoms with E-state index in [2.05, 4.69) is 9.97 Å². The summed E-state index contributed by atoms with van der Waals surface area (Å²) >= 11 is 0. The molecular weight excluding hydrogens is 202 g/mol. The molecule has 0 radical (unpaired) electrons. The van der Waals surface area contributed by atoms with Gasteiger partial charge in [-0.25, -0.2) is 4.98 Å². The normalized spacial score (nSPS) is 10.7. The summed E-state index contributed by atoms with van der Waals surface area (Å²) in [6.07, 6.45) is 1.14. The number of nitrogens with zero attached hydrogens (tertiary/aromatic N) is 3. The summed E-state index contributed by atoms with van der Waals surface area (Å²) in [6, 6.07) is 0. The number of carboxylic acids is 1. The van der Waals surface area contributed by atoms with Crippen LogP contribution in [0.3, 0.4) is 0 Å². The summed E-state index contributed by atoms with van der Waals surface area (Å²) in [5.74, 6) is -0.794. The van der Waals surface area contributed by atoms with Gasteiger partial charge in [-0.1, -0.05) is 0 Å². The number of carbonyl (C=O) groups is 1. The number of carboxylic acid groups (broad SMARTS) is 1. The minimum Gasteiger partial charge on any atom is -0.480 e. The average Bonchev–Trinajstić information content (AvgIpc) is 2.51. The lowest BCUT2D eigenvalue weighted by molar-refractivity contribution is -0.137. The van der Waals surface area contributed by atoms with Crippen molar-refractivity contribution < 1.29 is 14.3 Å². The van der Waals surface area contributed by atoms with Crippen molar-refractivity contribution >= 4 is 17.2 Å². The van der Waals surface area contributed by atoms with Gasteiger partial charge in [-0.3, -0.25) is 14.2 Å². The van der Waals surface area contributed by atoms with Gasteiger partial charge in [0.2, 0.25) is 11.2 Å². The van der Waals surface area contributed by atoms with E-state index < -0.39 is 18.1 Å². The number of aromatic nitrogens is 3. The van der Waals surface area contributed by atoms with Gasteiger partial charge in [-0.15, -0.1) is 0 Å². The van der Waals surface area contributed by atoms with Crippen LogP contribution in [0.25, 0.3) is 11.2 Å². The van der Waals surface area contributed by atoms with Crippen molar-refractivity contribution in [3.8, 4) is 0 Å². The number of aliphatic carboxylic acids is 1. The van der Waals surface area contributed by atoms with Crippen LogP contribution >= 0.6 is 0 Å². The Balaban J connectivity index is 2.64.